The Hall–Kier alpha value is 0.190. The summed E-state index contributed by atoms with van der Waals surface area (Å²) in [5, 5.41) is 0. The molecule has 1 fully saturated rings. The number of rotatable bonds is 0. The quantitative estimate of drug-likeness (QED) is 0.364. The molecule has 1 radical (unpaired) electrons. The summed E-state index contributed by atoms with van der Waals surface area (Å²) in [6, 6.07) is 0. The van der Waals surface area contributed by atoms with E-state index in [1.54, 1.807) is 6.54 Å². The Bertz CT molecular complexity index is 68.1. The van der Waals surface area contributed by atoms with Gasteiger partial charge < -0.3 is 0 Å². The molecule has 43 valence electrons. The molecule has 0 aromatic heterocycles. The summed E-state index contributed by atoms with van der Waals surface area (Å²) in [6.45, 7) is 2.08. The summed E-state index contributed by atoms with van der Waals surface area (Å²) >= 11 is 0. The van der Waals surface area contributed by atoms with Gasteiger partial charge in [-0.25, -0.2) is 4.72 Å². The van der Waals surface area contributed by atoms with Crippen LogP contribution in [0.1, 0.15) is 0 Å². The van der Waals surface area contributed by atoms with Crippen LogP contribution in [-0.2, 0) is 0 Å². The Labute approximate surface area is 43.5 Å². The Morgan fingerprint density at radius 1 is 1.57 bits per heavy atom. The van der Waals surface area contributed by atoms with Crippen molar-refractivity contribution < 1.29 is 9.11 Å². The highest BCUT2D eigenvalue weighted by Crippen LogP contribution is 2.30. The second kappa shape index (κ2) is 1.61. The van der Waals surface area contributed by atoms with Gasteiger partial charge >= 0.3 is 0 Å². The number of hydrogen-bond donors (Lipinski definition) is 4. The zero-order valence-corrected chi connectivity index (χ0v) is 4.40. The van der Waals surface area contributed by atoms with E-state index in [1.165, 1.54) is 0 Å². The summed E-state index contributed by atoms with van der Waals surface area (Å²) < 4.78 is 21.9. The SMILES string of the molecule is OS1(O)N[CH]CN1. The van der Waals surface area contributed by atoms with Gasteiger partial charge in [-0.2, -0.15) is 4.72 Å². The van der Waals surface area contributed by atoms with Gasteiger partial charge in [-0.15, -0.1) is 0 Å². The van der Waals surface area contributed by atoms with E-state index in [4.69, 9.17) is 9.11 Å². The molecule has 0 saturated carbocycles. The first-order valence-electron chi connectivity index (χ1n) is 1.82. The molecule has 0 atom stereocenters. The van der Waals surface area contributed by atoms with E-state index in [0.29, 0.717) is 6.54 Å². The molecule has 0 unspecified atom stereocenters. The fourth-order valence-corrected chi connectivity index (χ4v) is 1.07. The summed E-state index contributed by atoms with van der Waals surface area (Å²) in [6.07, 6.45) is 0. The van der Waals surface area contributed by atoms with Crippen LogP contribution in [-0.4, -0.2) is 15.7 Å². The standard InChI is InChI=1S/C2H7N2O2S/c5-7(6)3-1-2-4-7/h1,3-6H,2H2. The minimum Gasteiger partial charge on any atom is -0.273 e. The second-order valence-electron chi connectivity index (χ2n) is 1.22. The van der Waals surface area contributed by atoms with E-state index in [2.05, 4.69) is 9.44 Å². The fourth-order valence-electron chi connectivity index (χ4n) is 0.357. The van der Waals surface area contributed by atoms with Crippen LogP contribution in [0.25, 0.3) is 0 Å². The topological polar surface area (TPSA) is 64.5 Å². The predicted molar refractivity (Wildman–Crippen MR) is 28.3 cm³/mol. The molecule has 1 aliphatic heterocycles. The van der Waals surface area contributed by atoms with Crippen molar-refractivity contribution in [2.45, 2.75) is 0 Å². The second-order valence-corrected chi connectivity index (χ2v) is 2.84. The highest BCUT2D eigenvalue weighted by atomic mass is 32.3. The summed E-state index contributed by atoms with van der Waals surface area (Å²) in [7, 11) is -2.60. The lowest BCUT2D eigenvalue weighted by Gasteiger charge is -2.24. The van der Waals surface area contributed by atoms with Crippen molar-refractivity contribution in [1.82, 2.24) is 9.44 Å². The van der Waals surface area contributed by atoms with E-state index >= 15 is 0 Å². The van der Waals surface area contributed by atoms with E-state index in [0.717, 1.165) is 0 Å². The van der Waals surface area contributed by atoms with Gasteiger partial charge in [0.1, 0.15) is 0 Å². The van der Waals surface area contributed by atoms with Crippen molar-refractivity contribution in [2.75, 3.05) is 6.54 Å². The average Bonchev–Trinajstić information content (AvgIpc) is 1.84. The third kappa shape index (κ3) is 1.29. The summed E-state index contributed by atoms with van der Waals surface area (Å²) in [4.78, 5) is 0. The fraction of sp³-hybridized carbons (Fsp3) is 0.500. The minimum absolute atomic E-state index is 0.516. The largest absolute Gasteiger partial charge is 0.273 e. The first kappa shape index (κ1) is 5.33. The van der Waals surface area contributed by atoms with Gasteiger partial charge in [0.15, 0.2) is 0 Å². The van der Waals surface area contributed by atoms with Crippen LogP contribution in [0.2, 0.25) is 0 Å². The average molecular weight is 123 g/mol. The first-order valence-corrected chi connectivity index (χ1v) is 3.37. The highest BCUT2D eigenvalue weighted by Gasteiger charge is 2.15. The van der Waals surface area contributed by atoms with Gasteiger partial charge in [-0.05, 0) is 0 Å². The molecule has 0 bridgehead atoms. The van der Waals surface area contributed by atoms with Crippen LogP contribution in [0, 0.1) is 6.54 Å². The normalized spacial score (nSPS) is 32.9. The molecular formula is C2H7N2O2S. The van der Waals surface area contributed by atoms with E-state index in [-0.39, 0.29) is 0 Å². The van der Waals surface area contributed by atoms with Gasteiger partial charge in [-0.1, -0.05) is 11.0 Å². The molecule has 0 amide bonds. The minimum atomic E-state index is -2.60. The molecule has 4 N–H and O–H groups in total. The zero-order valence-electron chi connectivity index (χ0n) is 3.59. The van der Waals surface area contributed by atoms with Crippen LogP contribution >= 0.6 is 11.0 Å². The third-order valence-electron chi connectivity index (χ3n) is 0.634. The van der Waals surface area contributed by atoms with Crippen LogP contribution < -0.4 is 9.44 Å². The van der Waals surface area contributed by atoms with Crippen molar-refractivity contribution in [3.8, 4) is 0 Å². The summed E-state index contributed by atoms with van der Waals surface area (Å²) in [5.74, 6) is 0. The molecule has 5 heteroatoms. The van der Waals surface area contributed by atoms with Gasteiger partial charge in [0.2, 0.25) is 0 Å². The maximum atomic E-state index is 8.58. The maximum absolute atomic E-state index is 8.58. The molecule has 1 heterocycles. The molecule has 0 aliphatic carbocycles. The molecule has 1 saturated heterocycles. The highest BCUT2D eigenvalue weighted by molar-refractivity contribution is 8.21. The third-order valence-corrected chi connectivity index (χ3v) is 1.70. The number of nitrogens with one attached hydrogen (secondary N) is 2. The molecule has 1 rings (SSSR count). The Morgan fingerprint density at radius 2 is 2.29 bits per heavy atom. The molecule has 0 aromatic rings. The van der Waals surface area contributed by atoms with Crippen molar-refractivity contribution in [2.24, 2.45) is 0 Å². The lowest BCUT2D eigenvalue weighted by Crippen LogP contribution is -2.17. The van der Waals surface area contributed by atoms with Crippen LogP contribution in [0.3, 0.4) is 0 Å². The maximum Gasteiger partial charge on any atom is 0.0598 e. The lowest BCUT2D eigenvalue weighted by molar-refractivity contribution is 0.475. The lowest BCUT2D eigenvalue weighted by atomic mass is 10.7. The molecular weight excluding hydrogens is 116 g/mol. The summed E-state index contributed by atoms with van der Waals surface area (Å²) in [5.41, 5.74) is 0. The molecule has 1 aliphatic rings. The molecule has 0 aromatic carbocycles. The molecule has 0 spiro atoms. The van der Waals surface area contributed by atoms with Crippen molar-refractivity contribution in [1.29, 1.82) is 0 Å². The van der Waals surface area contributed by atoms with Crippen molar-refractivity contribution in [3.05, 3.63) is 6.54 Å². The van der Waals surface area contributed by atoms with Gasteiger partial charge in [-0.3, -0.25) is 9.11 Å². The zero-order chi connectivity index (χ0) is 5.33. The van der Waals surface area contributed by atoms with Crippen LogP contribution in [0.4, 0.5) is 0 Å². The van der Waals surface area contributed by atoms with E-state index in [1.807, 2.05) is 0 Å². The van der Waals surface area contributed by atoms with Gasteiger partial charge in [0, 0.05) is 6.54 Å². The van der Waals surface area contributed by atoms with E-state index in [9.17, 15) is 0 Å². The van der Waals surface area contributed by atoms with E-state index < -0.39 is 11.0 Å². The van der Waals surface area contributed by atoms with Gasteiger partial charge in [0.05, 0.1) is 6.54 Å². The predicted octanol–water partition coefficient (Wildman–Crippen LogP) is -0.0784. The smallest absolute Gasteiger partial charge is 0.0598 e. The number of hydrogen-bond acceptors (Lipinski definition) is 4. The Morgan fingerprint density at radius 3 is 2.43 bits per heavy atom. The van der Waals surface area contributed by atoms with Crippen molar-refractivity contribution in [3.63, 3.8) is 0 Å². The van der Waals surface area contributed by atoms with Crippen LogP contribution in [0.5, 0.6) is 0 Å². The monoisotopic (exact) mass is 123 g/mol. The van der Waals surface area contributed by atoms with Crippen molar-refractivity contribution >= 4 is 11.0 Å². The van der Waals surface area contributed by atoms with Crippen LogP contribution in [0.15, 0.2) is 0 Å². The Kier molecular flexibility index (Phi) is 1.22. The molecule has 4 nitrogen and oxygen atoms in total. The molecule has 7 heavy (non-hydrogen) atoms. The van der Waals surface area contributed by atoms with Gasteiger partial charge in [0.25, 0.3) is 0 Å². The Balaban J connectivity index is 2.40. The first-order chi connectivity index (χ1) is 3.21.